The summed E-state index contributed by atoms with van der Waals surface area (Å²) in [5.41, 5.74) is 1.08. The molecule has 0 aliphatic carbocycles. The van der Waals surface area contributed by atoms with Gasteiger partial charge in [-0.15, -0.1) is 11.6 Å². The number of halogens is 1. The molecule has 0 fully saturated rings. The van der Waals surface area contributed by atoms with Gasteiger partial charge in [-0.1, -0.05) is 37.3 Å². The van der Waals surface area contributed by atoms with Gasteiger partial charge in [0, 0.05) is 24.2 Å². The summed E-state index contributed by atoms with van der Waals surface area (Å²) in [5.74, 6) is 0.769. The van der Waals surface area contributed by atoms with Crippen LogP contribution >= 0.6 is 11.6 Å². The van der Waals surface area contributed by atoms with Gasteiger partial charge in [-0.05, 0) is 5.56 Å². The highest BCUT2D eigenvalue weighted by atomic mass is 35.5. The fourth-order valence-electron chi connectivity index (χ4n) is 1.48. The van der Waals surface area contributed by atoms with E-state index in [1.807, 2.05) is 30.3 Å². The Kier molecular flexibility index (Phi) is 5.95. The normalized spacial score (nSPS) is 13.5. The van der Waals surface area contributed by atoms with Crippen LogP contribution in [0.3, 0.4) is 0 Å². The summed E-state index contributed by atoms with van der Waals surface area (Å²) in [6.45, 7) is 2.09. The first-order valence-electron chi connectivity index (χ1n) is 5.63. The van der Waals surface area contributed by atoms with E-state index in [9.17, 15) is 8.42 Å². The Balaban J connectivity index is 2.50. The molecule has 96 valence electrons. The Morgan fingerprint density at radius 1 is 1.29 bits per heavy atom. The molecule has 1 atom stereocenters. The fourth-order valence-corrected chi connectivity index (χ4v) is 2.48. The van der Waals surface area contributed by atoms with Crippen molar-refractivity contribution in [1.82, 2.24) is 5.32 Å². The Labute approximate surface area is 108 Å². The monoisotopic (exact) mass is 275 g/mol. The first-order chi connectivity index (χ1) is 8.09. The standard InChI is InChI=1S/C12H18ClNO2S/c1-2-17(15,16)9-8-14-12(10-13)11-6-4-3-5-7-11/h3-7,12,14H,2,8-10H2,1H3. The summed E-state index contributed by atoms with van der Waals surface area (Å²) in [5, 5.41) is 3.17. The van der Waals surface area contributed by atoms with Crippen molar-refractivity contribution >= 4 is 21.4 Å². The van der Waals surface area contributed by atoms with Crippen molar-refractivity contribution in [3.63, 3.8) is 0 Å². The molecule has 0 heterocycles. The Hall–Kier alpha value is -0.580. The van der Waals surface area contributed by atoms with E-state index in [-0.39, 0.29) is 17.5 Å². The molecule has 0 saturated carbocycles. The van der Waals surface area contributed by atoms with E-state index in [0.717, 1.165) is 5.56 Å². The van der Waals surface area contributed by atoms with Crippen LogP contribution in [0.15, 0.2) is 30.3 Å². The first kappa shape index (κ1) is 14.5. The molecule has 1 aromatic rings. The summed E-state index contributed by atoms with van der Waals surface area (Å²) >= 11 is 5.87. The van der Waals surface area contributed by atoms with Crippen molar-refractivity contribution < 1.29 is 8.42 Å². The van der Waals surface area contributed by atoms with Gasteiger partial charge in [0.1, 0.15) is 0 Å². The minimum absolute atomic E-state index is 0.00456. The van der Waals surface area contributed by atoms with Crippen molar-refractivity contribution in [3.05, 3.63) is 35.9 Å². The molecular formula is C12H18ClNO2S. The summed E-state index contributed by atoms with van der Waals surface area (Å²) in [6.07, 6.45) is 0. The first-order valence-corrected chi connectivity index (χ1v) is 7.99. The lowest BCUT2D eigenvalue weighted by atomic mass is 10.1. The lowest BCUT2D eigenvalue weighted by Crippen LogP contribution is -2.28. The maximum atomic E-state index is 11.3. The third-order valence-corrected chi connectivity index (χ3v) is 4.61. The second-order valence-electron chi connectivity index (χ2n) is 3.81. The topological polar surface area (TPSA) is 46.2 Å². The predicted octanol–water partition coefficient (Wildman–Crippen LogP) is 1.99. The zero-order valence-electron chi connectivity index (χ0n) is 9.90. The molecule has 1 aromatic carbocycles. The van der Waals surface area contributed by atoms with E-state index < -0.39 is 9.84 Å². The molecule has 1 rings (SSSR count). The van der Waals surface area contributed by atoms with Gasteiger partial charge < -0.3 is 5.32 Å². The smallest absolute Gasteiger partial charge is 0.151 e. The lowest BCUT2D eigenvalue weighted by molar-refractivity contribution is 0.575. The van der Waals surface area contributed by atoms with Crippen molar-refractivity contribution in [2.45, 2.75) is 13.0 Å². The zero-order chi connectivity index (χ0) is 12.7. The largest absolute Gasteiger partial charge is 0.308 e. The van der Waals surface area contributed by atoms with Gasteiger partial charge in [0.15, 0.2) is 9.84 Å². The van der Waals surface area contributed by atoms with Gasteiger partial charge in [-0.2, -0.15) is 0 Å². The molecule has 0 aliphatic rings. The molecule has 1 unspecified atom stereocenters. The van der Waals surface area contributed by atoms with Crippen LogP contribution in [0.4, 0.5) is 0 Å². The molecule has 3 nitrogen and oxygen atoms in total. The highest BCUT2D eigenvalue weighted by molar-refractivity contribution is 7.91. The predicted molar refractivity (Wildman–Crippen MR) is 72.2 cm³/mol. The van der Waals surface area contributed by atoms with E-state index in [1.54, 1.807) is 6.92 Å². The molecule has 0 saturated heterocycles. The van der Waals surface area contributed by atoms with Gasteiger partial charge >= 0.3 is 0 Å². The minimum Gasteiger partial charge on any atom is -0.308 e. The van der Waals surface area contributed by atoms with Gasteiger partial charge in [0.2, 0.25) is 0 Å². The molecule has 0 amide bonds. The summed E-state index contributed by atoms with van der Waals surface area (Å²) in [7, 11) is -2.91. The van der Waals surface area contributed by atoms with Crippen LogP contribution in [-0.2, 0) is 9.84 Å². The average Bonchev–Trinajstić information content (AvgIpc) is 2.36. The Morgan fingerprint density at radius 2 is 1.94 bits per heavy atom. The number of sulfone groups is 1. The van der Waals surface area contributed by atoms with Crippen LogP contribution in [0.25, 0.3) is 0 Å². The number of alkyl halides is 1. The van der Waals surface area contributed by atoms with Gasteiger partial charge in [-0.3, -0.25) is 0 Å². The lowest BCUT2D eigenvalue weighted by Gasteiger charge is -2.16. The van der Waals surface area contributed by atoms with Crippen LogP contribution in [0.2, 0.25) is 0 Å². The SMILES string of the molecule is CCS(=O)(=O)CCNC(CCl)c1ccccc1. The van der Waals surface area contributed by atoms with Crippen LogP contribution < -0.4 is 5.32 Å². The minimum atomic E-state index is -2.91. The third kappa shape index (κ3) is 5.06. The van der Waals surface area contributed by atoms with E-state index in [4.69, 9.17) is 11.6 Å². The molecule has 0 spiro atoms. The van der Waals surface area contributed by atoms with Crippen molar-refractivity contribution in [1.29, 1.82) is 0 Å². The third-order valence-electron chi connectivity index (χ3n) is 2.60. The molecular weight excluding hydrogens is 258 g/mol. The fraction of sp³-hybridized carbons (Fsp3) is 0.500. The van der Waals surface area contributed by atoms with E-state index in [0.29, 0.717) is 12.4 Å². The Bertz CT molecular complexity index is 419. The summed E-state index contributed by atoms with van der Waals surface area (Å²) < 4.78 is 22.7. The summed E-state index contributed by atoms with van der Waals surface area (Å²) in [6, 6.07) is 9.79. The van der Waals surface area contributed by atoms with Gasteiger partial charge in [0.05, 0.1) is 5.75 Å². The van der Waals surface area contributed by atoms with Crippen LogP contribution in [0.1, 0.15) is 18.5 Å². The van der Waals surface area contributed by atoms with E-state index in [2.05, 4.69) is 5.32 Å². The second-order valence-corrected chi connectivity index (χ2v) is 6.59. The molecule has 5 heteroatoms. The number of hydrogen-bond donors (Lipinski definition) is 1. The number of nitrogens with one attached hydrogen (secondary N) is 1. The molecule has 17 heavy (non-hydrogen) atoms. The summed E-state index contributed by atoms with van der Waals surface area (Å²) in [4.78, 5) is 0. The maximum Gasteiger partial charge on any atom is 0.151 e. The number of hydrogen-bond acceptors (Lipinski definition) is 3. The van der Waals surface area contributed by atoms with E-state index in [1.165, 1.54) is 0 Å². The van der Waals surface area contributed by atoms with Gasteiger partial charge in [-0.25, -0.2) is 8.42 Å². The highest BCUT2D eigenvalue weighted by Gasteiger charge is 2.11. The van der Waals surface area contributed by atoms with Crippen molar-refractivity contribution in [2.75, 3.05) is 23.9 Å². The second kappa shape index (κ2) is 6.99. The maximum absolute atomic E-state index is 11.3. The van der Waals surface area contributed by atoms with Crippen LogP contribution in [0, 0.1) is 0 Å². The highest BCUT2D eigenvalue weighted by Crippen LogP contribution is 2.13. The van der Waals surface area contributed by atoms with Crippen molar-refractivity contribution in [3.8, 4) is 0 Å². The molecule has 0 aliphatic heterocycles. The van der Waals surface area contributed by atoms with Crippen LogP contribution in [0.5, 0.6) is 0 Å². The molecule has 1 N–H and O–H groups in total. The molecule has 0 radical (unpaired) electrons. The quantitative estimate of drug-likeness (QED) is 0.774. The van der Waals surface area contributed by atoms with Crippen LogP contribution in [-0.4, -0.2) is 32.3 Å². The van der Waals surface area contributed by atoms with E-state index >= 15 is 0 Å². The van der Waals surface area contributed by atoms with Gasteiger partial charge in [0.25, 0.3) is 0 Å². The molecule has 0 bridgehead atoms. The molecule has 0 aromatic heterocycles. The number of benzene rings is 1. The zero-order valence-corrected chi connectivity index (χ0v) is 11.5. The van der Waals surface area contributed by atoms with Crippen molar-refractivity contribution in [2.24, 2.45) is 0 Å². The Morgan fingerprint density at radius 3 is 2.47 bits per heavy atom. The average molecular weight is 276 g/mol. The number of rotatable bonds is 7.